The highest BCUT2D eigenvalue weighted by Gasteiger charge is 2.34. The quantitative estimate of drug-likeness (QED) is 0.627. The Morgan fingerprint density at radius 2 is 1.91 bits per heavy atom. The van der Waals surface area contributed by atoms with Gasteiger partial charge in [-0.25, -0.2) is 9.37 Å². The molecule has 0 saturated carbocycles. The average molecular weight is 459 g/mol. The number of hydrogen-bond acceptors (Lipinski definition) is 5. The van der Waals surface area contributed by atoms with E-state index in [1.165, 1.54) is 19.2 Å². The van der Waals surface area contributed by atoms with Gasteiger partial charge in [0.25, 0.3) is 11.8 Å². The molecule has 3 rings (SSSR count). The van der Waals surface area contributed by atoms with E-state index >= 15 is 0 Å². The van der Waals surface area contributed by atoms with Gasteiger partial charge >= 0.3 is 0 Å². The van der Waals surface area contributed by atoms with E-state index in [2.05, 4.69) is 20.5 Å². The molecule has 2 aromatic rings. The van der Waals surface area contributed by atoms with Crippen molar-refractivity contribution >= 4 is 17.7 Å². The van der Waals surface area contributed by atoms with E-state index < -0.39 is 29.1 Å². The minimum absolute atomic E-state index is 0.191. The second kappa shape index (κ2) is 9.30. The van der Waals surface area contributed by atoms with Crippen LogP contribution in [-0.2, 0) is 17.9 Å². The van der Waals surface area contributed by atoms with Gasteiger partial charge in [0, 0.05) is 25.7 Å². The van der Waals surface area contributed by atoms with Crippen LogP contribution in [0.4, 0.5) is 4.39 Å². The van der Waals surface area contributed by atoms with E-state index in [4.69, 9.17) is 5.73 Å². The first kappa shape index (κ1) is 24.4. The Kier molecular flexibility index (Phi) is 6.87. The number of imidazole rings is 1. The molecule has 178 valence electrons. The second-order valence-corrected chi connectivity index (χ2v) is 9.42. The lowest BCUT2D eigenvalue weighted by atomic mass is 9.86. The maximum Gasteiger partial charge on any atom is 0.272 e. The number of aromatic nitrogens is 2. The fourth-order valence-electron chi connectivity index (χ4n) is 4.00. The van der Waals surface area contributed by atoms with Crippen molar-refractivity contribution in [3.8, 4) is 11.4 Å². The first-order valence-electron chi connectivity index (χ1n) is 10.8. The van der Waals surface area contributed by atoms with Crippen molar-refractivity contribution in [2.24, 2.45) is 11.1 Å². The van der Waals surface area contributed by atoms with E-state index in [0.29, 0.717) is 30.2 Å². The van der Waals surface area contributed by atoms with Gasteiger partial charge in [0.2, 0.25) is 5.91 Å². The van der Waals surface area contributed by atoms with Gasteiger partial charge in [-0.3, -0.25) is 14.4 Å². The summed E-state index contributed by atoms with van der Waals surface area (Å²) in [7, 11) is 3.47. The van der Waals surface area contributed by atoms with Gasteiger partial charge in [-0.15, -0.1) is 0 Å². The summed E-state index contributed by atoms with van der Waals surface area (Å²) >= 11 is 0. The Balaban J connectivity index is 2.08. The molecule has 0 radical (unpaired) electrons. The molecule has 0 saturated heterocycles. The predicted octanol–water partition coefficient (Wildman–Crippen LogP) is 1.51. The first-order chi connectivity index (χ1) is 15.4. The van der Waals surface area contributed by atoms with Crippen molar-refractivity contribution in [1.82, 2.24) is 25.1 Å². The number of likely N-dealkylation sites (N-methyl/N-ethyl adjacent to an activating group) is 1. The summed E-state index contributed by atoms with van der Waals surface area (Å²) < 4.78 is 16.4. The number of carbonyl (C=O) groups is 3. The topological polar surface area (TPSA) is 122 Å². The van der Waals surface area contributed by atoms with Gasteiger partial charge in [-0.2, -0.15) is 0 Å². The number of primary amides is 1. The molecule has 0 aliphatic carbocycles. The summed E-state index contributed by atoms with van der Waals surface area (Å²) in [4.78, 5) is 43.9. The van der Waals surface area contributed by atoms with E-state index in [-0.39, 0.29) is 17.2 Å². The van der Waals surface area contributed by atoms with Gasteiger partial charge < -0.3 is 25.8 Å². The van der Waals surface area contributed by atoms with Gasteiger partial charge in [0.1, 0.15) is 17.7 Å². The Morgan fingerprint density at radius 1 is 1.21 bits per heavy atom. The summed E-state index contributed by atoms with van der Waals surface area (Å²) in [6.45, 7) is 7.47. The normalized spacial score (nSPS) is 15.3. The molecular formula is C23H31FN6O3. The van der Waals surface area contributed by atoms with Crippen LogP contribution in [0.3, 0.4) is 0 Å². The van der Waals surface area contributed by atoms with Crippen LogP contribution in [-0.4, -0.2) is 58.9 Å². The maximum atomic E-state index is 14.5. The fourth-order valence-corrected chi connectivity index (χ4v) is 4.00. The molecule has 1 aliphatic rings. The minimum atomic E-state index is -0.856. The summed E-state index contributed by atoms with van der Waals surface area (Å²) in [5.74, 6) is -1.96. The lowest BCUT2D eigenvalue weighted by Gasteiger charge is -2.29. The predicted molar refractivity (Wildman–Crippen MR) is 122 cm³/mol. The van der Waals surface area contributed by atoms with Crippen LogP contribution in [0.5, 0.6) is 0 Å². The summed E-state index contributed by atoms with van der Waals surface area (Å²) in [5.41, 5.74) is 5.79. The Bertz CT molecular complexity index is 1090. The van der Waals surface area contributed by atoms with Crippen LogP contribution in [0.1, 0.15) is 53.7 Å². The smallest absolute Gasteiger partial charge is 0.272 e. The largest absolute Gasteiger partial charge is 0.366 e. The molecule has 3 amide bonds. The molecule has 2 heterocycles. The minimum Gasteiger partial charge on any atom is -0.366 e. The van der Waals surface area contributed by atoms with E-state index in [0.717, 1.165) is 13.0 Å². The number of nitrogens with zero attached hydrogens (tertiary/aromatic N) is 3. The molecule has 1 aromatic carbocycles. The second-order valence-electron chi connectivity index (χ2n) is 9.42. The molecule has 0 fully saturated rings. The van der Waals surface area contributed by atoms with Gasteiger partial charge in [-0.1, -0.05) is 26.8 Å². The number of hydrogen-bond donors (Lipinski definition) is 3. The van der Waals surface area contributed by atoms with Crippen LogP contribution in [0.15, 0.2) is 18.2 Å². The standard InChI is InChI=1S/C23H31FN6O3/c1-23(2,3)18(22(33)26-4)28-21(32)17-16-12-29(5)9-6-10-30(16)20(27-17)13-7-8-14(19(25)31)15(24)11-13/h7-8,11,18H,6,9-10,12H2,1-5H3,(H2,25,31)(H,26,33)(H,28,32). The number of halogens is 1. The van der Waals surface area contributed by atoms with Crippen LogP contribution in [0.25, 0.3) is 11.4 Å². The van der Waals surface area contributed by atoms with Crippen molar-refractivity contribution in [2.75, 3.05) is 20.6 Å². The number of benzene rings is 1. The number of nitrogens with one attached hydrogen (secondary N) is 2. The molecule has 33 heavy (non-hydrogen) atoms. The number of nitrogens with two attached hydrogens (primary N) is 1. The molecule has 0 bridgehead atoms. The van der Waals surface area contributed by atoms with Crippen LogP contribution >= 0.6 is 0 Å². The maximum absolute atomic E-state index is 14.5. The highest BCUT2D eigenvalue weighted by atomic mass is 19.1. The van der Waals surface area contributed by atoms with E-state index in [9.17, 15) is 18.8 Å². The van der Waals surface area contributed by atoms with E-state index in [1.807, 2.05) is 32.4 Å². The molecular weight excluding hydrogens is 427 g/mol. The van der Waals surface area contributed by atoms with E-state index in [1.54, 1.807) is 6.07 Å². The summed E-state index contributed by atoms with van der Waals surface area (Å²) in [6.07, 6.45) is 0.818. The number of amides is 3. The summed E-state index contributed by atoms with van der Waals surface area (Å²) in [6, 6.07) is 3.32. The lowest BCUT2D eigenvalue weighted by molar-refractivity contribution is -0.124. The molecule has 9 nitrogen and oxygen atoms in total. The van der Waals surface area contributed by atoms with Crippen molar-refractivity contribution in [2.45, 2.75) is 46.3 Å². The fraction of sp³-hybridized carbons (Fsp3) is 0.478. The molecule has 1 aliphatic heterocycles. The third-order valence-corrected chi connectivity index (χ3v) is 5.77. The zero-order chi connectivity index (χ0) is 24.5. The van der Waals surface area contributed by atoms with Gasteiger partial charge in [-0.05, 0) is 37.6 Å². The van der Waals surface area contributed by atoms with Crippen LogP contribution in [0, 0.1) is 11.2 Å². The lowest BCUT2D eigenvalue weighted by Crippen LogP contribution is -2.53. The first-order valence-corrected chi connectivity index (χ1v) is 10.8. The van der Waals surface area contributed by atoms with Gasteiger partial charge in [0.05, 0.1) is 11.3 Å². The van der Waals surface area contributed by atoms with Crippen molar-refractivity contribution in [3.63, 3.8) is 0 Å². The number of carbonyl (C=O) groups excluding carboxylic acids is 3. The monoisotopic (exact) mass is 458 g/mol. The molecule has 1 unspecified atom stereocenters. The number of fused-ring (bicyclic) bond motifs is 1. The van der Waals surface area contributed by atoms with Crippen molar-refractivity contribution in [3.05, 3.63) is 41.0 Å². The van der Waals surface area contributed by atoms with Crippen molar-refractivity contribution in [1.29, 1.82) is 0 Å². The SMILES string of the molecule is CNC(=O)C(NC(=O)c1nc(-c2ccc(C(N)=O)c(F)c2)n2c1CN(C)CCC2)C(C)(C)C. The van der Waals surface area contributed by atoms with Crippen LogP contribution in [0.2, 0.25) is 0 Å². The Labute approximate surface area is 192 Å². The molecule has 1 aromatic heterocycles. The van der Waals surface area contributed by atoms with Gasteiger partial charge in [0.15, 0.2) is 5.69 Å². The third-order valence-electron chi connectivity index (χ3n) is 5.77. The number of rotatable bonds is 5. The Morgan fingerprint density at radius 3 is 2.48 bits per heavy atom. The van der Waals surface area contributed by atoms with Crippen molar-refractivity contribution < 1.29 is 18.8 Å². The zero-order valence-corrected chi connectivity index (χ0v) is 19.7. The summed E-state index contributed by atoms with van der Waals surface area (Å²) in [5, 5.41) is 5.42. The third kappa shape index (κ3) is 5.05. The Hall–Kier alpha value is -3.27. The molecule has 4 N–H and O–H groups in total. The zero-order valence-electron chi connectivity index (χ0n) is 19.7. The molecule has 0 spiro atoms. The average Bonchev–Trinajstić information content (AvgIpc) is 2.96. The van der Waals surface area contributed by atoms with Crippen LogP contribution < -0.4 is 16.4 Å². The molecule has 10 heteroatoms. The highest BCUT2D eigenvalue weighted by molar-refractivity contribution is 5.98. The highest BCUT2D eigenvalue weighted by Crippen LogP contribution is 2.28. The molecule has 1 atom stereocenters.